The Kier molecular flexibility index (Phi) is 8.22. The summed E-state index contributed by atoms with van der Waals surface area (Å²) in [5.74, 6) is 3.30. The second kappa shape index (κ2) is 14.3. The highest BCUT2D eigenvalue weighted by atomic mass is 16.5. The van der Waals surface area contributed by atoms with Gasteiger partial charge >= 0.3 is 0 Å². The van der Waals surface area contributed by atoms with Crippen LogP contribution in [0.4, 0.5) is 34.1 Å². The molecular weight excluding hydrogens is 793 g/mol. The van der Waals surface area contributed by atoms with Crippen LogP contribution in [0.25, 0.3) is 55.3 Å². The van der Waals surface area contributed by atoms with Gasteiger partial charge in [0.15, 0.2) is 0 Å². The zero-order chi connectivity index (χ0) is 43.2. The number of hydrogen-bond donors (Lipinski definition) is 0. The van der Waals surface area contributed by atoms with Crippen molar-refractivity contribution in [1.82, 2.24) is 0 Å². The number of fused-ring (bicyclic) bond motifs is 7. The molecule has 13 rings (SSSR count). The first-order valence-electron chi connectivity index (χ1n) is 22.3. The lowest BCUT2D eigenvalue weighted by atomic mass is 9.82. The summed E-state index contributed by atoms with van der Waals surface area (Å²) in [5, 5.41) is 2.14. The van der Waals surface area contributed by atoms with Crippen molar-refractivity contribution in [2.45, 2.75) is 19.3 Å². The number of nitrogens with zero attached hydrogens (tertiary/aromatic N) is 2. The van der Waals surface area contributed by atoms with Crippen molar-refractivity contribution in [2.75, 3.05) is 9.80 Å². The van der Waals surface area contributed by atoms with Crippen LogP contribution in [-0.2, 0) is 5.41 Å². The SMILES string of the molecule is CC1(C)c2ccccc2-c2ccc(N(c3ccc(-c4ccccc4)cc3)c3ccc4c(c3)Oc3ccc5c6c(ccc-4c36)Oc3cc(N(c4ccccc4)c4ccccc4)ccc3-5)cc21. The first-order valence-corrected chi connectivity index (χ1v) is 22.3. The molecule has 65 heavy (non-hydrogen) atoms. The number of hydrogen-bond acceptors (Lipinski definition) is 4. The molecule has 0 saturated heterocycles. The van der Waals surface area contributed by atoms with Gasteiger partial charge in [-0.15, -0.1) is 0 Å². The Morgan fingerprint density at radius 1 is 0.292 bits per heavy atom. The van der Waals surface area contributed by atoms with Gasteiger partial charge in [0.1, 0.15) is 23.0 Å². The second-order valence-electron chi connectivity index (χ2n) is 17.7. The number of ether oxygens (including phenoxy) is 2. The molecule has 0 N–H and O–H groups in total. The minimum absolute atomic E-state index is 0.135. The molecular formula is C61H42N2O2. The molecule has 4 heteroatoms. The number of anilines is 6. The maximum atomic E-state index is 6.96. The van der Waals surface area contributed by atoms with Gasteiger partial charge in [0.05, 0.1) is 0 Å². The average molecular weight is 835 g/mol. The van der Waals surface area contributed by atoms with E-state index in [1.807, 2.05) is 12.1 Å². The third kappa shape index (κ3) is 5.84. The number of para-hydroxylation sites is 2. The van der Waals surface area contributed by atoms with E-state index in [9.17, 15) is 0 Å². The Bertz CT molecular complexity index is 3470. The first-order chi connectivity index (χ1) is 32.0. The van der Waals surface area contributed by atoms with E-state index >= 15 is 0 Å². The van der Waals surface area contributed by atoms with E-state index in [1.54, 1.807) is 0 Å². The molecule has 0 amide bonds. The van der Waals surface area contributed by atoms with E-state index in [-0.39, 0.29) is 5.41 Å². The van der Waals surface area contributed by atoms with Crippen molar-refractivity contribution < 1.29 is 9.47 Å². The van der Waals surface area contributed by atoms with Gasteiger partial charge in [-0.05, 0) is 142 Å². The van der Waals surface area contributed by atoms with Gasteiger partial charge in [0.2, 0.25) is 0 Å². The summed E-state index contributed by atoms with van der Waals surface area (Å²) >= 11 is 0. The third-order valence-corrected chi connectivity index (χ3v) is 13.6. The van der Waals surface area contributed by atoms with Crippen LogP contribution >= 0.6 is 0 Å². The Morgan fingerprint density at radius 2 is 0.692 bits per heavy atom. The molecule has 0 atom stereocenters. The minimum Gasteiger partial charge on any atom is -0.456 e. The molecule has 10 aromatic carbocycles. The van der Waals surface area contributed by atoms with Crippen molar-refractivity contribution >= 4 is 44.9 Å². The molecule has 0 saturated carbocycles. The summed E-state index contributed by atoms with van der Waals surface area (Å²) in [6.45, 7) is 4.68. The van der Waals surface area contributed by atoms with Crippen molar-refractivity contribution in [1.29, 1.82) is 0 Å². The van der Waals surface area contributed by atoms with E-state index < -0.39 is 0 Å². The maximum Gasteiger partial charge on any atom is 0.137 e. The molecule has 1 aliphatic carbocycles. The molecule has 0 unspecified atom stereocenters. The molecule has 2 heterocycles. The van der Waals surface area contributed by atoms with Crippen LogP contribution in [0.2, 0.25) is 0 Å². The molecule has 10 aromatic rings. The zero-order valence-electron chi connectivity index (χ0n) is 36.0. The van der Waals surface area contributed by atoms with Crippen LogP contribution in [0.3, 0.4) is 0 Å². The second-order valence-corrected chi connectivity index (χ2v) is 17.7. The van der Waals surface area contributed by atoms with Gasteiger partial charge in [0.25, 0.3) is 0 Å². The van der Waals surface area contributed by atoms with Crippen LogP contribution in [0, 0.1) is 0 Å². The van der Waals surface area contributed by atoms with Gasteiger partial charge in [0, 0.05) is 73.6 Å². The zero-order valence-corrected chi connectivity index (χ0v) is 36.0. The third-order valence-electron chi connectivity index (χ3n) is 13.6. The van der Waals surface area contributed by atoms with Gasteiger partial charge in [-0.2, -0.15) is 0 Å². The topological polar surface area (TPSA) is 24.9 Å². The lowest BCUT2D eigenvalue weighted by molar-refractivity contribution is 0.480. The molecule has 0 radical (unpaired) electrons. The quantitative estimate of drug-likeness (QED) is 0.160. The van der Waals surface area contributed by atoms with E-state index in [0.717, 1.165) is 90.1 Å². The fourth-order valence-corrected chi connectivity index (χ4v) is 10.5. The lowest BCUT2D eigenvalue weighted by Gasteiger charge is -2.31. The summed E-state index contributed by atoms with van der Waals surface area (Å²) in [7, 11) is 0. The first kappa shape index (κ1) is 37.2. The normalized spacial score (nSPS) is 13.1. The van der Waals surface area contributed by atoms with Crippen molar-refractivity contribution in [2.24, 2.45) is 0 Å². The number of benzene rings is 10. The smallest absolute Gasteiger partial charge is 0.137 e. The van der Waals surface area contributed by atoms with Crippen molar-refractivity contribution in [3.8, 4) is 67.5 Å². The molecule has 0 bridgehead atoms. The molecule has 4 nitrogen and oxygen atoms in total. The largest absolute Gasteiger partial charge is 0.456 e. The van der Waals surface area contributed by atoms with Crippen LogP contribution in [-0.4, -0.2) is 0 Å². The monoisotopic (exact) mass is 834 g/mol. The molecule has 0 spiro atoms. The molecule has 2 aliphatic heterocycles. The minimum atomic E-state index is -0.135. The van der Waals surface area contributed by atoms with Crippen molar-refractivity contribution in [3.05, 3.63) is 230 Å². The predicted octanol–water partition coefficient (Wildman–Crippen LogP) is 17.3. The summed E-state index contributed by atoms with van der Waals surface area (Å²) in [5.41, 5.74) is 18.3. The van der Waals surface area contributed by atoms with Crippen LogP contribution in [0.15, 0.2) is 218 Å². The Labute approximate surface area is 378 Å². The molecule has 0 fully saturated rings. The van der Waals surface area contributed by atoms with Gasteiger partial charge in [-0.1, -0.05) is 123 Å². The standard InChI is InChI=1S/C61H42N2O2/c1-61(2)53-21-13-12-20-47(53)48-29-26-44(36-54(48)61)63(43-24-22-40(23-25-43)39-14-6-3-7-15-39)46-28-31-50-52-33-34-55-59-51(32-35-56(60(52)59)65-58(50)38-46)49-30-27-45(37-57(49)64-55)62(41-16-8-4-9-17-41)42-18-10-5-11-19-42/h3-38H,1-2H3. The number of rotatable bonds is 7. The lowest BCUT2D eigenvalue weighted by Crippen LogP contribution is -2.16. The Morgan fingerprint density at radius 3 is 1.26 bits per heavy atom. The van der Waals surface area contributed by atoms with Gasteiger partial charge in [-0.3, -0.25) is 0 Å². The molecule has 308 valence electrons. The Balaban J connectivity index is 0.904. The summed E-state index contributed by atoms with van der Waals surface area (Å²) in [6.07, 6.45) is 0. The van der Waals surface area contributed by atoms with Crippen LogP contribution in [0.1, 0.15) is 25.0 Å². The summed E-state index contributed by atoms with van der Waals surface area (Å²) < 4.78 is 13.8. The highest BCUT2D eigenvalue weighted by Crippen LogP contribution is 2.57. The van der Waals surface area contributed by atoms with Crippen LogP contribution < -0.4 is 19.3 Å². The van der Waals surface area contributed by atoms with E-state index in [1.165, 1.54) is 33.4 Å². The Hall–Kier alpha value is -8.34. The maximum absolute atomic E-state index is 6.96. The van der Waals surface area contributed by atoms with E-state index in [2.05, 4.69) is 230 Å². The summed E-state index contributed by atoms with van der Waals surface area (Å²) in [6, 6.07) is 78.1. The van der Waals surface area contributed by atoms with E-state index in [4.69, 9.17) is 9.47 Å². The van der Waals surface area contributed by atoms with Gasteiger partial charge < -0.3 is 19.3 Å². The molecule has 0 aromatic heterocycles. The average Bonchev–Trinajstić information content (AvgIpc) is 3.59. The molecule has 3 aliphatic rings. The fourth-order valence-electron chi connectivity index (χ4n) is 10.5. The van der Waals surface area contributed by atoms with E-state index in [0.29, 0.717) is 0 Å². The van der Waals surface area contributed by atoms with Gasteiger partial charge in [-0.25, -0.2) is 0 Å². The fraction of sp³-hybridized carbons (Fsp3) is 0.0492. The highest BCUT2D eigenvalue weighted by Gasteiger charge is 2.36. The van der Waals surface area contributed by atoms with Crippen molar-refractivity contribution in [3.63, 3.8) is 0 Å². The predicted molar refractivity (Wildman–Crippen MR) is 267 cm³/mol. The summed E-state index contributed by atoms with van der Waals surface area (Å²) in [4.78, 5) is 4.63. The van der Waals surface area contributed by atoms with Crippen LogP contribution in [0.5, 0.6) is 23.0 Å². The highest BCUT2D eigenvalue weighted by molar-refractivity contribution is 6.14.